The first kappa shape index (κ1) is 25.8. The molecule has 9 nitrogen and oxygen atoms in total. The number of nitrogens with zero attached hydrogens (tertiary/aromatic N) is 4. The molecule has 1 aromatic heterocycles. The normalized spacial score (nSPS) is 16.4. The van der Waals surface area contributed by atoms with Crippen LogP contribution < -0.4 is 4.72 Å². The molecule has 11 heteroatoms. The van der Waals surface area contributed by atoms with E-state index in [9.17, 15) is 22.4 Å². The van der Waals surface area contributed by atoms with Crippen molar-refractivity contribution in [3.8, 4) is 0 Å². The first-order valence-corrected chi connectivity index (χ1v) is 12.8. The summed E-state index contributed by atoms with van der Waals surface area (Å²) in [5, 5.41) is 4.05. The van der Waals surface area contributed by atoms with Crippen LogP contribution in [0, 0.1) is 11.7 Å². The topological polar surface area (TPSA) is 105 Å². The second-order valence-electron chi connectivity index (χ2n) is 9.24. The molecule has 0 radical (unpaired) electrons. The molecule has 1 atom stereocenters. The van der Waals surface area contributed by atoms with Crippen molar-refractivity contribution in [3.05, 3.63) is 47.5 Å². The lowest BCUT2D eigenvalue weighted by molar-refractivity contribution is 0.0716. The highest BCUT2D eigenvalue weighted by Gasteiger charge is 2.32. The molecule has 1 fully saturated rings. The van der Waals surface area contributed by atoms with Crippen LogP contribution in [0.15, 0.2) is 35.4 Å². The van der Waals surface area contributed by atoms with Crippen LogP contribution in [0.1, 0.15) is 54.0 Å². The van der Waals surface area contributed by atoms with Gasteiger partial charge in [0.2, 0.25) is 0 Å². The molecular weight excluding hydrogens is 461 g/mol. The largest absolute Gasteiger partial charge is 0.336 e. The number of aromatic nitrogens is 2. The van der Waals surface area contributed by atoms with E-state index in [0.717, 1.165) is 31.4 Å². The van der Waals surface area contributed by atoms with Gasteiger partial charge < -0.3 is 9.80 Å². The van der Waals surface area contributed by atoms with Gasteiger partial charge in [0, 0.05) is 25.3 Å². The fraction of sp³-hybridized carbons (Fsp3) is 0.522. The maximum atomic E-state index is 14.9. The van der Waals surface area contributed by atoms with Gasteiger partial charge in [-0.1, -0.05) is 13.8 Å². The first-order valence-electron chi connectivity index (χ1n) is 11.3. The highest BCUT2D eigenvalue weighted by Crippen LogP contribution is 2.26. The lowest BCUT2D eigenvalue weighted by Crippen LogP contribution is -2.37. The molecule has 1 aliphatic heterocycles. The number of rotatable bonds is 9. The van der Waals surface area contributed by atoms with E-state index in [4.69, 9.17) is 0 Å². The van der Waals surface area contributed by atoms with Crippen LogP contribution in [0.3, 0.4) is 0 Å². The third kappa shape index (κ3) is 6.01. The number of benzene rings is 1. The van der Waals surface area contributed by atoms with Gasteiger partial charge in [-0.2, -0.15) is 5.10 Å². The summed E-state index contributed by atoms with van der Waals surface area (Å²) >= 11 is 0. The van der Waals surface area contributed by atoms with E-state index in [-0.39, 0.29) is 17.3 Å². The minimum atomic E-state index is -4.36. The number of amides is 2. The fourth-order valence-electron chi connectivity index (χ4n) is 4.12. The summed E-state index contributed by atoms with van der Waals surface area (Å²) in [6.45, 7) is 5.69. The fourth-order valence-corrected chi connectivity index (χ4v) is 5.09. The maximum absolute atomic E-state index is 14.9. The van der Waals surface area contributed by atoms with Crippen LogP contribution >= 0.6 is 0 Å². The van der Waals surface area contributed by atoms with E-state index < -0.39 is 32.6 Å². The standard InChI is InChI=1S/C23H32FN5O4S/c1-16(2)14-17-6-5-11-28(17)23(31)19-8-7-18(15-20(19)24)34(32,33)26-22(30)21-9-10-25-29(21)13-12-27(3)4/h7-10,15-17H,5-6,11-14H2,1-4H3,(H,26,30). The Morgan fingerprint density at radius 2 is 2.00 bits per heavy atom. The summed E-state index contributed by atoms with van der Waals surface area (Å²) in [6.07, 6.45) is 3.96. The number of nitrogens with one attached hydrogen (secondary N) is 1. The van der Waals surface area contributed by atoms with Crippen molar-refractivity contribution < 1.29 is 22.4 Å². The van der Waals surface area contributed by atoms with Gasteiger partial charge in [-0.3, -0.25) is 14.3 Å². The Hall–Kier alpha value is -2.79. The molecule has 2 amide bonds. The van der Waals surface area contributed by atoms with E-state index in [0.29, 0.717) is 25.6 Å². The van der Waals surface area contributed by atoms with Gasteiger partial charge in [0.15, 0.2) is 0 Å². The molecule has 1 unspecified atom stereocenters. The molecule has 1 N–H and O–H groups in total. The van der Waals surface area contributed by atoms with Crippen LogP contribution in [0.5, 0.6) is 0 Å². The Morgan fingerprint density at radius 1 is 1.26 bits per heavy atom. The first-order chi connectivity index (χ1) is 16.0. The van der Waals surface area contributed by atoms with Gasteiger partial charge in [0.25, 0.3) is 21.8 Å². The van der Waals surface area contributed by atoms with Crippen LogP contribution in [0.25, 0.3) is 0 Å². The molecule has 1 saturated heterocycles. The summed E-state index contributed by atoms with van der Waals surface area (Å²) in [5.41, 5.74) is -0.106. The average molecular weight is 494 g/mol. The van der Waals surface area contributed by atoms with Gasteiger partial charge in [0.1, 0.15) is 11.5 Å². The molecule has 3 rings (SSSR count). The predicted molar refractivity (Wildman–Crippen MR) is 125 cm³/mol. The molecule has 0 spiro atoms. The SMILES string of the molecule is CC(C)CC1CCCN1C(=O)c1ccc(S(=O)(=O)NC(=O)c2ccnn2CCN(C)C)cc1F. The lowest BCUT2D eigenvalue weighted by atomic mass is 10.0. The van der Waals surface area contributed by atoms with Crippen molar-refractivity contribution in [3.63, 3.8) is 0 Å². The molecule has 186 valence electrons. The molecule has 0 aliphatic carbocycles. The molecule has 34 heavy (non-hydrogen) atoms. The van der Waals surface area contributed by atoms with Crippen LogP contribution in [0.2, 0.25) is 0 Å². The summed E-state index contributed by atoms with van der Waals surface area (Å²) in [4.78, 5) is 28.7. The summed E-state index contributed by atoms with van der Waals surface area (Å²) in [5.74, 6) is -1.85. The molecule has 1 aromatic carbocycles. The number of likely N-dealkylation sites (N-methyl/N-ethyl adjacent to an activating group) is 1. The zero-order valence-corrected chi connectivity index (χ0v) is 20.8. The second kappa shape index (κ2) is 10.6. The summed E-state index contributed by atoms with van der Waals surface area (Å²) < 4.78 is 43.7. The number of carbonyl (C=O) groups is 2. The number of hydrogen-bond acceptors (Lipinski definition) is 6. The van der Waals surface area contributed by atoms with Crippen molar-refractivity contribution >= 4 is 21.8 Å². The van der Waals surface area contributed by atoms with Crippen molar-refractivity contribution in [1.29, 1.82) is 0 Å². The molecule has 1 aliphatic rings. The zero-order chi connectivity index (χ0) is 25.0. The van der Waals surface area contributed by atoms with E-state index in [2.05, 4.69) is 18.9 Å². The third-order valence-electron chi connectivity index (χ3n) is 5.80. The number of hydrogen-bond donors (Lipinski definition) is 1. The minimum Gasteiger partial charge on any atom is -0.336 e. The van der Waals surface area contributed by atoms with Gasteiger partial charge in [-0.25, -0.2) is 17.5 Å². The van der Waals surface area contributed by atoms with Crippen LogP contribution in [-0.4, -0.2) is 73.0 Å². The summed E-state index contributed by atoms with van der Waals surface area (Å²) in [7, 11) is -0.628. The molecular formula is C23H32FN5O4S. The highest BCUT2D eigenvalue weighted by molar-refractivity contribution is 7.90. The summed E-state index contributed by atoms with van der Waals surface area (Å²) in [6, 6.07) is 4.55. The third-order valence-corrected chi connectivity index (χ3v) is 7.13. The Kier molecular flexibility index (Phi) is 8.09. The molecule has 2 heterocycles. The van der Waals surface area contributed by atoms with Gasteiger partial charge in [-0.05, 0) is 63.5 Å². The Bertz CT molecular complexity index is 1150. The monoisotopic (exact) mass is 493 g/mol. The zero-order valence-electron chi connectivity index (χ0n) is 20.0. The maximum Gasteiger partial charge on any atom is 0.283 e. The van der Waals surface area contributed by atoms with E-state index in [1.165, 1.54) is 23.0 Å². The molecule has 0 saturated carbocycles. The van der Waals surface area contributed by atoms with E-state index in [1.807, 2.05) is 23.7 Å². The number of carbonyl (C=O) groups excluding carboxylic acids is 2. The number of likely N-dealkylation sites (tertiary alicyclic amines) is 1. The quantitative estimate of drug-likeness (QED) is 0.575. The smallest absolute Gasteiger partial charge is 0.283 e. The van der Waals surface area contributed by atoms with E-state index >= 15 is 0 Å². The van der Waals surface area contributed by atoms with Crippen molar-refractivity contribution in [2.75, 3.05) is 27.2 Å². The Balaban J connectivity index is 1.75. The van der Waals surface area contributed by atoms with Crippen molar-refractivity contribution in [2.24, 2.45) is 5.92 Å². The van der Waals surface area contributed by atoms with Gasteiger partial charge >= 0.3 is 0 Å². The second-order valence-corrected chi connectivity index (χ2v) is 10.9. The number of sulfonamides is 1. The van der Waals surface area contributed by atoms with E-state index in [1.54, 1.807) is 4.90 Å². The number of halogens is 1. The minimum absolute atomic E-state index is 0.0481. The van der Waals surface area contributed by atoms with Gasteiger partial charge in [-0.15, -0.1) is 0 Å². The van der Waals surface area contributed by atoms with Gasteiger partial charge in [0.05, 0.1) is 17.0 Å². The lowest BCUT2D eigenvalue weighted by Gasteiger charge is -2.26. The predicted octanol–water partition coefficient (Wildman–Crippen LogP) is 2.35. The molecule has 0 bridgehead atoms. The Morgan fingerprint density at radius 3 is 2.65 bits per heavy atom. The highest BCUT2D eigenvalue weighted by atomic mass is 32.2. The Labute approximate surface area is 200 Å². The van der Waals surface area contributed by atoms with Crippen molar-refractivity contribution in [1.82, 2.24) is 24.3 Å². The molecule has 2 aromatic rings. The van der Waals surface area contributed by atoms with Crippen LogP contribution in [-0.2, 0) is 16.6 Å². The van der Waals surface area contributed by atoms with Crippen molar-refractivity contribution in [2.45, 2.75) is 50.6 Å². The van der Waals surface area contributed by atoms with Crippen LogP contribution in [0.4, 0.5) is 4.39 Å². The average Bonchev–Trinajstić information content (AvgIpc) is 3.40.